The summed E-state index contributed by atoms with van der Waals surface area (Å²) in [5.41, 5.74) is 0.461. The second-order valence-electron chi connectivity index (χ2n) is 4.44. The van der Waals surface area contributed by atoms with Crippen molar-refractivity contribution in [3.8, 4) is 0 Å². The van der Waals surface area contributed by atoms with E-state index in [-0.39, 0.29) is 29.6 Å². The molecule has 1 aliphatic heterocycles. The van der Waals surface area contributed by atoms with Gasteiger partial charge in [0.1, 0.15) is 16.7 Å². The predicted molar refractivity (Wildman–Crippen MR) is 74.5 cm³/mol. The van der Waals surface area contributed by atoms with Crippen LogP contribution in [0.15, 0.2) is 43.6 Å². The van der Waals surface area contributed by atoms with E-state index in [1.54, 1.807) is 24.3 Å². The van der Waals surface area contributed by atoms with Crippen LogP contribution in [0.5, 0.6) is 0 Å². The fourth-order valence-corrected chi connectivity index (χ4v) is 5.95. The first-order chi connectivity index (χ1) is 9.50. The van der Waals surface area contributed by atoms with Crippen molar-refractivity contribution in [2.75, 3.05) is 24.7 Å². The molecular formula is C12H13NO5S2. The first-order valence-electron chi connectivity index (χ1n) is 6.03. The van der Waals surface area contributed by atoms with Gasteiger partial charge in [-0.25, -0.2) is 4.21 Å². The van der Waals surface area contributed by atoms with Gasteiger partial charge < -0.3 is 9.15 Å². The van der Waals surface area contributed by atoms with Crippen LogP contribution in [-0.4, -0.2) is 37.3 Å². The molecule has 20 heavy (non-hydrogen) atoms. The Morgan fingerprint density at radius 1 is 1.15 bits per heavy atom. The van der Waals surface area contributed by atoms with Crippen molar-refractivity contribution in [2.45, 2.75) is 4.90 Å². The number of furan rings is 1. The molecule has 0 radical (unpaired) electrons. The molecule has 1 saturated heterocycles. The molecule has 0 amide bonds. The van der Waals surface area contributed by atoms with E-state index in [2.05, 4.69) is 3.77 Å². The van der Waals surface area contributed by atoms with E-state index in [1.807, 2.05) is 0 Å². The maximum absolute atomic E-state index is 12.4. The van der Waals surface area contributed by atoms with Gasteiger partial charge in [-0.05, 0) is 12.1 Å². The monoisotopic (exact) mass is 315 g/mol. The lowest BCUT2D eigenvalue weighted by Gasteiger charge is -2.15. The first-order valence-corrected chi connectivity index (χ1v) is 9.32. The zero-order chi connectivity index (χ0) is 14.2. The minimum atomic E-state index is -4.00. The Labute approximate surface area is 117 Å². The van der Waals surface area contributed by atoms with Crippen molar-refractivity contribution < 1.29 is 21.8 Å². The summed E-state index contributed by atoms with van der Waals surface area (Å²) < 4.78 is 51.0. The van der Waals surface area contributed by atoms with Crippen LogP contribution < -0.4 is 0 Å². The molecule has 1 fully saturated rings. The van der Waals surface area contributed by atoms with Crippen LogP contribution in [-0.2, 0) is 24.5 Å². The van der Waals surface area contributed by atoms with Crippen LogP contribution in [0.25, 0.3) is 11.0 Å². The Hall–Kier alpha value is -1.38. The van der Waals surface area contributed by atoms with Gasteiger partial charge in [0.05, 0.1) is 34.4 Å². The number of hydrogen-bond acceptors (Lipinski definition) is 5. The van der Waals surface area contributed by atoms with Gasteiger partial charge in [0.15, 0.2) is 0 Å². The van der Waals surface area contributed by atoms with Gasteiger partial charge in [-0.3, -0.25) is 0 Å². The van der Waals surface area contributed by atoms with Crippen molar-refractivity contribution in [1.82, 2.24) is 0 Å². The molecule has 0 saturated carbocycles. The van der Waals surface area contributed by atoms with Crippen LogP contribution in [0.4, 0.5) is 0 Å². The van der Waals surface area contributed by atoms with E-state index in [1.165, 1.54) is 0 Å². The Morgan fingerprint density at radius 2 is 1.85 bits per heavy atom. The smallest absolute Gasteiger partial charge is 0.293 e. The van der Waals surface area contributed by atoms with Crippen molar-refractivity contribution in [1.29, 1.82) is 0 Å². The second-order valence-corrected chi connectivity index (χ2v) is 8.79. The van der Waals surface area contributed by atoms with Crippen LogP contribution in [0.2, 0.25) is 0 Å². The highest BCUT2D eigenvalue weighted by Gasteiger charge is 2.24. The maximum atomic E-state index is 12.4. The number of para-hydroxylation sites is 1. The largest absolute Gasteiger partial charge is 0.463 e. The van der Waals surface area contributed by atoms with E-state index >= 15 is 0 Å². The lowest BCUT2D eigenvalue weighted by atomic mass is 10.3. The third-order valence-electron chi connectivity index (χ3n) is 3.05. The van der Waals surface area contributed by atoms with Crippen molar-refractivity contribution >= 4 is 30.7 Å². The molecule has 1 aromatic carbocycles. The molecule has 6 nitrogen and oxygen atoms in total. The molecule has 0 N–H and O–H groups in total. The van der Waals surface area contributed by atoms with Crippen LogP contribution in [0, 0.1) is 0 Å². The Morgan fingerprint density at radius 3 is 2.60 bits per heavy atom. The highest BCUT2D eigenvalue weighted by atomic mass is 32.3. The molecule has 2 aromatic rings. The average molecular weight is 315 g/mol. The third kappa shape index (κ3) is 2.46. The minimum absolute atomic E-state index is 0.0395. The maximum Gasteiger partial charge on any atom is 0.293 e. The molecule has 2 heterocycles. The molecule has 8 heteroatoms. The third-order valence-corrected chi connectivity index (χ3v) is 7.40. The Bertz CT molecular complexity index is 847. The minimum Gasteiger partial charge on any atom is -0.463 e. The molecule has 0 spiro atoms. The summed E-state index contributed by atoms with van der Waals surface area (Å²) in [5.74, 6) is 0.282. The van der Waals surface area contributed by atoms with E-state index in [9.17, 15) is 12.6 Å². The van der Waals surface area contributed by atoms with Gasteiger partial charge >= 0.3 is 0 Å². The standard InChI is InChI=1S/C12H13NO5S2/c14-19(7-5-17-6-8-19)13-20(15,16)12-9-18-11-4-2-1-3-10(11)12/h1-4,9H,5-8H2. The number of nitrogens with zero attached hydrogens (tertiary/aromatic N) is 1. The van der Waals surface area contributed by atoms with Gasteiger partial charge in [0.25, 0.3) is 10.0 Å². The molecule has 0 atom stereocenters. The summed E-state index contributed by atoms with van der Waals surface area (Å²) in [5, 5.41) is 0.450. The van der Waals surface area contributed by atoms with Crippen LogP contribution >= 0.6 is 0 Å². The molecule has 0 aliphatic carbocycles. The molecule has 108 valence electrons. The van der Waals surface area contributed by atoms with E-state index < -0.39 is 19.8 Å². The Kier molecular flexibility index (Phi) is 3.31. The molecule has 1 aliphatic rings. The fraction of sp³-hybridized carbons (Fsp3) is 0.333. The number of ether oxygens (including phenoxy) is 1. The number of benzene rings is 1. The van der Waals surface area contributed by atoms with Gasteiger partial charge in [-0.2, -0.15) is 8.42 Å². The summed E-state index contributed by atoms with van der Waals surface area (Å²) in [6.07, 6.45) is 1.14. The second kappa shape index (κ2) is 4.87. The van der Waals surface area contributed by atoms with Crippen LogP contribution in [0.1, 0.15) is 0 Å². The summed E-state index contributed by atoms with van der Waals surface area (Å²) in [6.45, 7) is 0.536. The summed E-state index contributed by atoms with van der Waals surface area (Å²) in [6, 6.07) is 6.77. The first kappa shape index (κ1) is 13.6. The predicted octanol–water partition coefficient (Wildman–Crippen LogP) is 1.62. The fourth-order valence-electron chi connectivity index (χ4n) is 2.03. The number of sulfonamides is 1. The number of fused-ring (bicyclic) bond motifs is 1. The van der Waals surface area contributed by atoms with E-state index in [0.717, 1.165) is 6.26 Å². The van der Waals surface area contributed by atoms with E-state index in [4.69, 9.17) is 9.15 Å². The summed E-state index contributed by atoms with van der Waals surface area (Å²) >= 11 is 0. The molecule has 0 bridgehead atoms. The molecule has 0 unspecified atom stereocenters. The van der Waals surface area contributed by atoms with Crippen LogP contribution in [0.3, 0.4) is 0 Å². The number of hydrogen-bond donors (Lipinski definition) is 0. The van der Waals surface area contributed by atoms with Gasteiger partial charge in [-0.1, -0.05) is 12.1 Å². The zero-order valence-electron chi connectivity index (χ0n) is 10.5. The molecule has 3 rings (SSSR count). The lowest BCUT2D eigenvalue weighted by Crippen LogP contribution is -2.26. The Balaban J connectivity index is 2.13. The SMILES string of the molecule is O=S(=O)(N=S1(=O)CCOCC1)c1coc2ccccc12. The summed E-state index contributed by atoms with van der Waals surface area (Å²) in [7, 11) is -6.77. The van der Waals surface area contributed by atoms with Gasteiger partial charge in [0, 0.05) is 5.39 Å². The zero-order valence-corrected chi connectivity index (χ0v) is 12.2. The molecular weight excluding hydrogens is 302 g/mol. The van der Waals surface area contributed by atoms with E-state index in [0.29, 0.717) is 11.0 Å². The van der Waals surface area contributed by atoms with Gasteiger partial charge in [-0.15, -0.1) is 3.77 Å². The molecule has 1 aromatic heterocycles. The topological polar surface area (TPSA) is 85.9 Å². The normalized spacial score (nSPS) is 19.0. The van der Waals surface area contributed by atoms with Crippen molar-refractivity contribution in [3.05, 3.63) is 30.5 Å². The highest BCUT2D eigenvalue weighted by molar-refractivity contribution is 8.03. The van der Waals surface area contributed by atoms with Gasteiger partial charge in [0.2, 0.25) is 0 Å². The summed E-state index contributed by atoms with van der Waals surface area (Å²) in [4.78, 5) is -0.0395. The number of rotatable bonds is 2. The lowest BCUT2D eigenvalue weighted by molar-refractivity contribution is 0.158. The highest BCUT2D eigenvalue weighted by Crippen LogP contribution is 2.27. The van der Waals surface area contributed by atoms with Crippen molar-refractivity contribution in [3.63, 3.8) is 0 Å². The van der Waals surface area contributed by atoms with Crippen molar-refractivity contribution in [2.24, 2.45) is 3.77 Å². The quantitative estimate of drug-likeness (QED) is 0.840. The average Bonchev–Trinajstić information content (AvgIpc) is 2.83.